The third kappa shape index (κ3) is 4.67. The van der Waals surface area contributed by atoms with E-state index in [2.05, 4.69) is 0 Å². The van der Waals surface area contributed by atoms with Crippen molar-refractivity contribution in [3.8, 4) is 0 Å². The maximum atomic E-state index is 11.5. The molecule has 0 radical (unpaired) electrons. The second kappa shape index (κ2) is 7.61. The molecule has 0 aliphatic rings. The first-order valence-corrected chi connectivity index (χ1v) is 5.48. The number of aromatic nitrogens is 1. The summed E-state index contributed by atoms with van der Waals surface area (Å²) in [5, 5.41) is 0. The Morgan fingerprint density at radius 2 is 1.61 bits per heavy atom. The number of halogens is 1. The van der Waals surface area contributed by atoms with Crippen molar-refractivity contribution in [3.05, 3.63) is 66.5 Å². The molecule has 3 nitrogen and oxygen atoms in total. The topological polar surface area (TPSA) is 30.2 Å². The molecule has 0 fully saturated rings. The minimum Gasteiger partial charge on any atom is -1.00 e. The summed E-state index contributed by atoms with van der Waals surface area (Å²) in [5.74, 6) is -0.231. The number of benzene rings is 1. The fourth-order valence-electron chi connectivity index (χ4n) is 1.47. The molecule has 94 valence electrons. The van der Waals surface area contributed by atoms with Crippen LogP contribution in [0.25, 0.3) is 0 Å². The lowest BCUT2D eigenvalue weighted by Gasteiger charge is -2.02. The summed E-state index contributed by atoms with van der Waals surface area (Å²) >= 11 is 0. The molecule has 4 heteroatoms. The highest BCUT2D eigenvalue weighted by atomic mass is 79.9. The Morgan fingerprint density at radius 3 is 2.28 bits per heavy atom. The monoisotopic (exact) mass is 307 g/mol. The smallest absolute Gasteiger partial charge is 0.373 e. The van der Waals surface area contributed by atoms with Crippen molar-refractivity contribution in [2.45, 2.75) is 13.2 Å². The van der Waals surface area contributed by atoms with Gasteiger partial charge in [-0.25, -0.2) is 4.79 Å². The lowest BCUT2D eigenvalue weighted by Crippen LogP contribution is -3.00. The molecule has 1 aromatic carbocycles. The van der Waals surface area contributed by atoms with Crippen LogP contribution in [0.2, 0.25) is 0 Å². The quantitative estimate of drug-likeness (QED) is 0.520. The van der Waals surface area contributed by atoms with E-state index in [4.69, 9.17) is 4.74 Å². The van der Waals surface area contributed by atoms with Crippen LogP contribution in [-0.4, -0.2) is 5.97 Å². The number of carbonyl (C=O) groups is 1. The number of ether oxygens (including phenoxy) is 1. The zero-order chi connectivity index (χ0) is 11.9. The fraction of sp³-hybridized carbons (Fsp3) is 0.143. The summed E-state index contributed by atoms with van der Waals surface area (Å²) in [6, 6.07) is 15.3. The molecule has 1 aromatic heterocycles. The molecule has 0 saturated heterocycles. The van der Waals surface area contributed by atoms with Crippen molar-refractivity contribution in [2.24, 2.45) is 0 Å². The van der Waals surface area contributed by atoms with Gasteiger partial charge in [0.05, 0.1) is 0 Å². The van der Waals surface area contributed by atoms with Gasteiger partial charge in [0, 0.05) is 12.1 Å². The molecule has 0 atom stereocenters. The predicted molar refractivity (Wildman–Crippen MR) is 62.9 cm³/mol. The van der Waals surface area contributed by atoms with Crippen LogP contribution in [0.3, 0.4) is 0 Å². The Hall–Kier alpha value is -1.68. The van der Waals surface area contributed by atoms with Crippen LogP contribution in [0.4, 0.5) is 0 Å². The van der Waals surface area contributed by atoms with Crippen LogP contribution in [0, 0.1) is 0 Å². The Labute approximate surface area is 117 Å². The first-order chi connectivity index (χ1) is 8.34. The number of esters is 1. The van der Waals surface area contributed by atoms with Gasteiger partial charge in [0.25, 0.3) is 0 Å². The van der Waals surface area contributed by atoms with Crippen molar-refractivity contribution >= 4 is 5.97 Å². The Morgan fingerprint density at radius 1 is 1.00 bits per heavy atom. The second-order valence-corrected chi connectivity index (χ2v) is 3.69. The number of carbonyl (C=O) groups excluding carboxylic acids is 1. The largest absolute Gasteiger partial charge is 1.00 e. The van der Waals surface area contributed by atoms with Crippen LogP contribution in [0.5, 0.6) is 0 Å². The zero-order valence-corrected chi connectivity index (χ0v) is 11.4. The van der Waals surface area contributed by atoms with E-state index in [0.717, 1.165) is 5.56 Å². The molecule has 0 saturated carbocycles. The lowest BCUT2D eigenvalue weighted by molar-refractivity contribution is -0.686. The van der Waals surface area contributed by atoms with Crippen molar-refractivity contribution in [1.29, 1.82) is 0 Å². The average molecular weight is 308 g/mol. The molecule has 0 bridgehead atoms. The minimum absolute atomic E-state index is 0. The lowest BCUT2D eigenvalue weighted by atomic mass is 10.2. The molecule has 18 heavy (non-hydrogen) atoms. The summed E-state index contributed by atoms with van der Waals surface area (Å²) < 4.78 is 6.96. The summed E-state index contributed by atoms with van der Waals surface area (Å²) in [6.07, 6.45) is 3.67. The highest BCUT2D eigenvalue weighted by Gasteiger charge is 2.09. The second-order valence-electron chi connectivity index (χ2n) is 3.69. The average Bonchev–Trinajstić information content (AvgIpc) is 2.39. The molecule has 0 spiro atoms. The zero-order valence-electron chi connectivity index (χ0n) is 9.83. The summed E-state index contributed by atoms with van der Waals surface area (Å²) in [6.45, 7) is 0.570. The Balaban J connectivity index is 0.00000162. The number of hydrogen-bond donors (Lipinski definition) is 0. The van der Waals surface area contributed by atoms with Crippen LogP contribution in [-0.2, 0) is 22.7 Å². The van der Waals surface area contributed by atoms with E-state index >= 15 is 0 Å². The van der Waals surface area contributed by atoms with Gasteiger partial charge in [-0.2, -0.15) is 4.57 Å². The van der Waals surface area contributed by atoms with Crippen molar-refractivity contribution in [3.63, 3.8) is 0 Å². The highest BCUT2D eigenvalue weighted by molar-refractivity contribution is 5.67. The summed E-state index contributed by atoms with van der Waals surface area (Å²) in [7, 11) is 0. The van der Waals surface area contributed by atoms with E-state index in [-0.39, 0.29) is 29.5 Å². The number of rotatable bonds is 4. The molecule has 0 aliphatic carbocycles. The summed E-state index contributed by atoms with van der Waals surface area (Å²) in [4.78, 5) is 11.5. The van der Waals surface area contributed by atoms with E-state index in [1.165, 1.54) is 0 Å². The van der Waals surface area contributed by atoms with E-state index in [1.807, 2.05) is 60.9 Å². The molecule has 0 N–H and O–H groups in total. The van der Waals surface area contributed by atoms with Crippen LogP contribution in [0.15, 0.2) is 60.9 Å². The van der Waals surface area contributed by atoms with Gasteiger partial charge in [-0.15, -0.1) is 0 Å². The Bertz CT molecular complexity index is 474. The van der Waals surface area contributed by atoms with Crippen LogP contribution < -0.4 is 21.5 Å². The van der Waals surface area contributed by atoms with Gasteiger partial charge in [-0.1, -0.05) is 36.4 Å². The molecule has 0 aliphatic heterocycles. The number of pyridine rings is 1. The van der Waals surface area contributed by atoms with Crippen LogP contribution >= 0.6 is 0 Å². The van der Waals surface area contributed by atoms with Gasteiger partial charge in [0.1, 0.15) is 6.61 Å². The Kier molecular flexibility index (Phi) is 6.08. The number of nitrogens with zero attached hydrogens (tertiary/aromatic N) is 1. The number of hydrogen-bond acceptors (Lipinski definition) is 2. The van der Waals surface area contributed by atoms with Crippen molar-refractivity contribution in [1.82, 2.24) is 0 Å². The minimum atomic E-state index is -0.231. The van der Waals surface area contributed by atoms with Gasteiger partial charge in [0.15, 0.2) is 12.4 Å². The maximum Gasteiger partial charge on any atom is 0.373 e. The van der Waals surface area contributed by atoms with Gasteiger partial charge >= 0.3 is 5.97 Å². The van der Waals surface area contributed by atoms with Crippen LogP contribution in [0.1, 0.15) is 5.56 Å². The molecular weight excluding hydrogens is 294 g/mol. The predicted octanol–water partition coefficient (Wildman–Crippen LogP) is -1.28. The normalized spacial score (nSPS) is 9.33. The third-order valence-electron chi connectivity index (χ3n) is 2.33. The standard InChI is InChI=1S/C14H14NO2.BrH/c16-14(11-15-9-5-2-6-10-15)17-12-13-7-3-1-4-8-13;/h1-10H,11-12H2;1H/q+1;/p-1. The SMILES string of the molecule is O=C(C[n+]1ccccc1)OCc1ccccc1.[Br-]. The van der Waals surface area contributed by atoms with Gasteiger partial charge in [-0.3, -0.25) is 0 Å². The highest BCUT2D eigenvalue weighted by Crippen LogP contribution is 2.00. The molecule has 2 aromatic rings. The molecule has 2 rings (SSSR count). The maximum absolute atomic E-state index is 11.5. The van der Waals surface area contributed by atoms with Gasteiger partial charge in [-0.05, 0) is 5.56 Å². The van der Waals surface area contributed by atoms with Crippen molar-refractivity contribution in [2.75, 3.05) is 0 Å². The van der Waals surface area contributed by atoms with Gasteiger partial charge in [0.2, 0.25) is 6.54 Å². The van der Waals surface area contributed by atoms with E-state index < -0.39 is 0 Å². The first-order valence-electron chi connectivity index (χ1n) is 5.48. The summed E-state index contributed by atoms with van der Waals surface area (Å²) in [5.41, 5.74) is 0.999. The van der Waals surface area contributed by atoms with E-state index in [9.17, 15) is 4.79 Å². The van der Waals surface area contributed by atoms with E-state index in [0.29, 0.717) is 6.61 Å². The first kappa shape index (κ1) is 14.4. The van der Waals surface area contributed by atoms with Crippen molar-refractivity contribution < 1.29 is 31.1 Å². The fourth-order valence-corrected chi connectivity index (χ4v) is 1.47. The van der Waals surface area contributed by atoms with Gasteiger partial charge < -0.3 is 21.7 Å². The van der Waals surface area contributed by atoms with E-state index in [1.54, 1.807) is 4.57 Å². The molecular formula is C14H14BrNO2. The molecule has 1 heterocycles. The third-order valence-corrected chi connectivity index (χ3v) is 2.33. The molecule has 0 amide bonds. The molecule has 0 unspecified atom stereocenters.